The standard InChI is InChI=1S/C12H18O/c13-10-3-6-11-4-1-2-5-12(11,9-10)8-7-11/h7-8,10,13H,1-6,9H2/t10-,11-,12-/m0/s1. The summed E-state index contributed by atoms with van der Waals surface area (Å²) in [6, 6.07) is 0. The zero-order chi connectivity index (χ0) is 8.94. The molecule has 0 unspecified atom stereocenters. The largest absolute Gasteiger partial charge is 0.393 e. The summed E-state index contributed by atoms with van der Waals surface area (Å²) in [5.41, 5.74) is 0.966. The Kier molecular flexibility index (Phi) is 1.48. The average Bonchev–Trinajstić information content (AvgIpc) is 2.11. The van der Waals surface area contributed by atoms with Gasteiger partial charge in [-0.1, -0.05) is 25.0 Å². The molecule has 1 nitrogen and oxygen atoms in total. The zero-order valence-corrected chi connectivity index (χ0v) is 8.13. The van der Waals surface area contributed by atoms with Crippen LogP contribution >= 0.6 is 0 Å². The van der Waals surface area contributed by atoms with Gasteiger partial charge in [-0.2, -0.15) is 0 Å². The van der Waals surface area contributed by atoms with E-state index in [0.29, 0.717) is 10.8 Å². The minimum atomic E-state index is -0.0174. The van der Waals surface area contributed by atoms with Crippen molar-refractivity contribution in [2.24, 2.45) is 10.8 Å². The Morgan fingerprint density at radius 1 is 1.00 bits per heavy atom. The molecule has 13 heavy (non-hydrogen) atoms. The molecule has 0 aromatic carbocycles. The summed E-state index contributed by atoms with van der Waals surface area (Å²) in [5, 5.41) is 9.73. The lowest BCUT2D eigenvalue weighted by Gasteiger charge is -2.61. The van der Waals surface area contributed by atoms with E-state index in [0.717, 1.165) is 12.8 Å². The third-order valence-corrected chi connectivity index (χ3v) is 4.73. The molecule has 3 atom stereocenters. The van der Waals surface area contributed by atoms with Crippen molar-refractivity contribution in [1.82, 2.24) is 0 Å². The fourth-order valence-corrected chi connectivity index (χ4v) is 3.88. The van der Waals surface area contributed by atoms with Gasteiger partial charge < -0.3 is 5.11 Å². The summed E-state index contributed by atoms with van der Waals surface area (Å²) < 4.78 is 0. The first-order chi connectivity index (χ1) is 6.27. The van der Waals surface area contributed by atoms with Gasteiger partial charge in [0.25, 0.3) is 0 Å². The topological polar surface area (TPSA) is 20.2 Å². The van der Waals surface area contributed by atoms with E-state index in [1.165, 1.54) is 32.1 Å². The van der Waals surface area contributed by atoms with E-state index in [1.807, 2.05) is 0 Å². The predicted octanol–water partition coefficient (Wildman–Crippen LogP) is 2.65. The fraction of sp³-hybridized carbons (Fsp3) is 0.833. The van der Waals surface area contributed by atoms with Gasteiger partial charge in [0.2, 0.25) is 0 Å². The number of rotatable bonds is 0. The molecule has 3 aliphatic carbocycles. The summed E-state index contributed by atoms with van der Waals surface area (Å²) in [6.45, 7) is 0. The molecule has 0 saturated heterocycles. The molecular formula is C12H18O. The average molecular weight is 178 g/mol. The molecule has 1 heteroatoms. The Hall–Kier alpha value is -0.300. The first kappa shape index (κ1) is 8.05. The Balaban J connectivity index is 1.95. The molecule has 0 aromatic rings. The second kappa shape index (κ2) is 2.38. The highest BCUT2D eigenvalue weighted by atomic mass is 16.3. The van der Waals surface area contributed by atoms with Crippen molar-refractivity contribution in [3.63, 3.8) is 0 Å². The first-order valence-corrected chi connectivity index (χ1v) is 5.65. The van der Waals surface area contributed by atoms with Crippen molar-refractivity contribution in [3.8, 4) is 0 Å². The maximum absolute atomic E-state index is 9.73. The SMILES string of the molecule is O[C@H]1CC[C@@]23C=C[C@@]2(CCCC3)C1. The monoisotopic (exact) mass is 178 g/mol. The van der Waals surface area contributed by atoms with Crippen LogP contribution in [-0.4, -0.2) is 11.2 Å². The molecule has 0 heterocycles. The smallest absolute Gasteiger partial charge is 0.0549 e. The molecule has 0 aliphatic heterocycles. The second-order valence-electron chi connectivity index (χ2n) is 5.25. The normalized spacial score (nSPS) is 53.5. The van der Waals surface area contributed by atoms with E-state index in [2.05, 4.69) is 12.2 Å². The predicted molar refractivity (Wildman–Crippen MR) is 52.3 cm³/mol. The number of allylic oxidation sites excluding steroid dienone is 2. The molecule has 0 amide bonds. The highest BCUT2D eigenvalue weighted by molar-refractivity contribution is 5.29. The summed E-state index contributed by atoms with van der Waals surface area (Å²) in [6.07, 6.45) is 13.6. The first-order valence-electron chi connectivity index (χ1n) is 5.65. The zero-order valence-electron chi connectivity index (χ0n) is 8.13. The minimum absolute atomic E-state index is 0.0174. The molecule has 72 valence electrons. The number of hydrogen-bond donors (Lipinski definition) is 1. The van der Waals surface area contributed by atoms with Crippen LogP contribution in [0.3, 0.4) is 0 Å². The Morgan fingerprint density at radius 3 is 2.38 bits per heavy atom. The molecule has 2 saturated carbocycles. The second-order valence-corrected chi connectivity index (χ2v) is 5.25. The van der Waals surface area contributed by atoms with Crippen molar-refractivity contribution < 1.29 is 5.11 Å². The third kappa shape index (κ3) is 0.864. The van der Waals surface area contributed by atoms with Crippen LogP contribution in [-0.2, 0) is 0 Å². The van der Waals surface area contributed by atoms with Crippen LogP contribution in [0.4, 0.5) is 0 Å². The quantitative estimate of drug-likeness (QED) is 0.565. The molecule has 1 N–H and O–H groups in total. The highest BCUT2D eigenvalue weighted by Crippen LogP contribution is 2.65. The Bertz CT molecular complexity index is 258. The maximum atomic E-state index is 9.73. The van der Waals surface area contributed by atoms with Gasteiger partial charge in [-0.25, -0.2) is 0 Å². The molecule has 3 aliphatic rings. The number of aliphatic hydroxyl groups excluding tert-OH is 1. The number of hydrogen-bond acceptors (Lipinski definition) is 1. The van der Waals surface area contributed by atoms with Gasteiger partial charge in [-0.3, -0.25) is 0 Å². The summed E-state index contributed by atoms with van der Waals surface area (Å²) in [4.78, 5) is 0. The number of aliphatic hydroxyl groups is 1. The molecular weight excluding hydrogens is 160 g/mol. The van der Waals surface area contributed by atoms with Crippen LogP contribution in [0.25, 0.3) is 0 Å². The van der Waals surface area contributed by atoms with Crippen LogP contribution in [0.2, 0.25) is 0 Å². The fourth-order valence-electron chi connectivity index (χ4n) is 3.88. The van der Waals surface area contributed by atoms with Crippen LogP contribution in [0.5, 0.6) is 0 Å². The van der Waals surface area contributed by atoms with E-state index in [-0.39, 0.29) is 6.10 Å². The summed E-state index contributed by atoms with van der Waals surface area (Å²) in [7, 11) is 0. The molecule has 0 aromatic heterocycles. The van der Waals surface area contributed by atoms with Gasteiger partial charge in [0.05, 0.1) is 6.10 Å². The Morgan fingerprint density at radius 2 is 1.69 bits per heavy atom. The lowest BCUT2D eigenvalue weighted by atomic mass is 9.44. The summed E-state index contributed by atoms with van der Waals surface area (Å²) >= 11 is 0. The van der Waals surface area contributed by atoms with Gasteiger partial charge >= 0.3 is 0 Å². The van der Waals surface area contributed by atoms with Crippen LogP contribution < -0.4 is 0 Å². The Labute approximate surface area is 79.8 Å². The van der Waals surface area contributed by atoms with Crippen LogP contribution in [0, 0.1) is 10.8 Å². The van der Waals surface area contributed by atoms with Crippen LogP contribution in [0.15, 0.2) is 12.2 Å². The van der Waals surface area contributed by atoms with E-state index in [4.69, 9.17) is 0 Å². The van der Waals surface area contributed by atoms with Crippen molar-refractivity contribution in [1.29, 1.82) is 0 Å². The van der Waals surface area contributed by atoms with E-state index < -0.39 is 0 Å². The van der Waals surface area contributed by atoms with Crippen molar-refractivity contribution in [2.75, 3.05) is 0 Å². The van der Waals surface area contributed by atoms with Crippen molar-refractivity contribution >= 4 is 0 Å². The van der Waals surface area contributed by atoms with Crippen LogP contribution in [0.1, 0.15) is 44.9 Å². The lowest BCUT2D eigenvalue weighted by molar-refractivity contribution is -0.0594. The highest BCUT2D eigenvalue weighted by Gasteiger charge is 2.57. The molecule has 0 spiro atoms. The van der Waals surface area contributed by atoms with Gasteiger partial charge in [0, 0.05) is 0 Å². The van der Waals surface area contributed by atoms with E-state index in [1.54, 1.807) is 0 Å². The van der Waals surface area contributed by atoms with E-state index in [9.17, 15) is 5.11 Å². The van der Waals surface area contributed by atoms with Gasteiger partial charge in [0.15, 0.2) is 0 Å². The molecule has 0 radical (unpaired) electrons. The van der Waals surface area contributed by atoms with Crippen molar-refractivity contribution in [2.45, 2.75) is 51.0 Å². The maximum Gasteiger partial charge on any atom is 0.0549 e. The minimum Gasteiger partial charge on any atom is -0.393 e. The lowest BCUT2D eigenvalue weighted by Crippen LogP contribution is -2.53. The van der Waals surface area contributed by atoms with Gasteiger partial charge in [-0.05, 0) is 42.9 Å². The van der Waals surface area contributed by atoms with Gasteiger partial charge in [-0.15, -0.1) is 0 Å². The third-order valence-electron chi connectivity index (χ3n) is 4.73. The van der Waals surface area contributed by atoms with E-state index >= 15 is 0 Å². The molecule has 3 rings (SSSR count). The summed E-state index contributed by atoms with van der Waals surface area (Å²) in [5.74, 6) is 0. The molecule has 0 bridgehead atoms. The van der Waals surface area contributed by atoms with Crippen molar-refractivity contribution in [3.05, 3.63) is 12.2 Å². The molecule has 2 fully saturated rings. The van der Waals surface area contributed by atoms with Gasteiger partial charge in [0.1, 0.15) is 0 Å².